The number of Topliss-reactive ketones (excluding diaryl/α,β-unsaturated/α-hetero) is 1. The van der Waals surface area contributed by atoms with Crippen molar-refractivity contribution in [2.24, 2.45) is 5.92 Å². The van der Waals surface area contributed by atoms with Crippen LogP contribution in [0.25, 0.3) is 0 Å². The van der Waals surface area contributed by atoms with E-state index in [0.717, 1.165) is 0 Å². The molecular weight excluding hydrogens is 132 g/mol. The third kappa shape index (κ3) is 1.78. The zero-order valence-electron chi connectivity index (χ0n) is 6.13. The van der Waals surface area contributed by atoms with Crippen LogP contribution >= 0.6 is 0 Å². The molecule has 3 heteroatoms. The van der Waals surface area contributed by atoms with Crippen molar-refractivity contribution in [1.29, 1.82) is 0 Å². The van der Waals surface area contributed by atoms with E-state index < -0.39 is 0 Å². The molecule has 1 heterocycles. The van der Waals surface area contributed by atoms with Gasteiger partial charge in [-0.2, -0.15) is 0 Å². The average Bonchev–Trinajstić information content (AvgIpc) is 1.94. The highest BCUT2D eigenvalue weighted by atomic mass is 16.5. The van der Waals surface area contributed by atoms with Crippen molar-refractivity contribution in [3.8, 4) is 0 Å². The molecule has 1 rings (SSSR count). The smallest absolute Gasteiger partial charge is 0.142 e. The van der Waals surface area contributed by atoms with E-state index in [9.17, 15) is 4.79 Å². The van der Waals surface area contributed by atoms with Crippen LogP contribution in [0.2, 0.25) is 0 Å². The molecule has 10 heavy (non-hydrogen) atoms. The molecule has 0 aromatic rings. The maximum atomic E-state index is 11.0. The molecule has 1 fully saturated rings. The SMILES string of the molecule is COCC1COCCC1=O. The van der Waals surface area contributed by atoms with Crippen LogP contribution in [-0.2, 0) is 14.3 Å². The molecule has 0 amide bonds. The molecular formula is C7H12O3. The first-order valence-corrected chi connectivity index (χ1v) is 3.44. The van der Waals surface area contributed by atoms with Crippen LogP contribution in [0.3, 0.4) is 0 Å². The molecule has 0 N–H and O–H groups in total. The van der Waals surface area contributed by atoms with E-state index in [1.807, 2.05) is 0 Å². The molecule has 0 aromatic heterocycles. The van der Waals surface area contributed by atoms with Crippen molar-refractivity contribution in [2.75, 3.05) is 26.9 Å². The summed E-state index contributed by atoms with van der Waals surface area (Å²) < 4.78 is 9.96. The van der Waals surface area contributed by atoms with Crippen LogP contribution in [0.15, 0.2) is 0 Å². The van der Waals surface area contributed by atoms with Gasteiger partial charge >= 0.3 is 0 Å². The van der Waals surface area contributed by atoms with Crippen LogP contribution in [0.4, 0.5) is 0 Å². The lowest BCUT2D eigenvalue weighted by Crippen LogP contribution is -2.30. The summed E-state index contributed by atoms with van der Waals surface area (Å²) in [6.45, 7) is 1.62. The molecule has 1 unspecified atom stereocenters. The number of carbonyl (C=O) groups is 1. The van der Waals surface area contributed by atoms with Crippen molar-refractivity contribution in [2.45, 2.75) is 6.42 Å². The monoisotopic (exact) mass is 144 g/mol. The third-order valence-electron chi connectivity index (χ3n) is 1.64. The summed E-state index contributed by atoms with van der Waals surface area (Å²) in [5.74, 6) is 0.256. The molecule has 0 aromatic carbocycles. The summed E-state index contributed by atoms with van der Waals surface area (Å²) in [7, 11) is 1.60. The quantitative estimate of drug-likeness (QED) is 0.557. The number of rotatable bonds is 2. The zero-order valence-corrected chi connectivity index (χ0v) is 6.13. The summed E-state index contributed by atoms with van der Waals surface area (Å²) in [4.78, 5) is 11.0. The minimum Gasteiger partial charge on any atom is -0.384 e. The Morgan fingerprint density at radius 3 is 3.20 bits per heavy atom. The van der Waals surface area contributed by atoms with Gasteiger partial charge in [-0.3, -0.25) is 4.79 Å². The van der Waals surface area contributed by atoms with Gasteiger partial charge in [0.15, 0.2) is 0 Å². The van der Waals surface area contributed by atoms with E-state index in [2.05, 4.69) is 0 Å². The first kappa shape index (κ1) is 7.69. The second kappa shape index (κ2) is 3.68. The Balaban J connectivity index is 2.32. The Morgan fingerprint density at radius 1 is 1.80 bits per heavy atom. The molecule has 1 atom stereocenters. The number of methoxy groups -OCH3 is 1. The number of ether oxygens (including phenoxy) is 2. The van der Waals surface area contributed by atoms with Crippen LogP contribution in [0.5, 0.6) is 0 Å². The van der Waals surface area contributed by atoms with Crippen molar-refractivity contribution in [3.05, 3.63) is 0 Å². The van der Waals surface area contributed by atoms with Crippen LogP contribution < -0.4 is 0 Å². The molecule has 1 aliphatic heterocycles. The predicted octanol–water partition coefficient (Wildman–Crippen LogP) is 0.238. The first-order valence-electron chi connectivity index (χ1n) is 3.44. The second-order valence-electron chi connectivity index (χ2n) is 2.44. The van der Waals surface area contributed by atoms with Gasteiger partial charge in [0.25, 0.3) is 0 Å². The molecule has 0 bridgehead atoms. The van der Waals surface area contributed by atoms with Gasteiger partial charge in [0.05, 0.1) is 25.7 Å². The standard InChI is InChI=1S/C7H12O3/c1-9-4-6-5-10-3-2-7(6)8/h6H,2-5H2,1H3. The zero-order chi connectivity index (χ0) is 7.40. The van der Waals surface area contributed by atoms with Crippen molar-refractivity contribution in [3.63, 3.8) is 0 Å². The maximum Gasteiger partial charge on any atom is 0.142 e. The Labute approximate surface area is 60.3 Å². The second-order valence-corrected chi connectivity index (χ2v) is 2.44. The molecule has 1 saturated heterocycles. The van der Waals surface area contributed by atoms with Crippen molar-refractivity contribution < 1.29 is 14.3 Å². The van der Waals surface area contributed by atoms with Gasteiger partial charge in [0.1, 0.15) is 5.78 Å². The summed E-state index contributed by atoms with van der Waals surface area (Å²) >= 11 is 0. The fourth-order valence-electron chi connectivity index (χ4n) is 1.04. The van der Waals surface area contributed by atoms with E-state index in [0.29, 0.717) is 26.2 Å². The lowest BCUT2D eigenvalue weighted by atomic mass is 10.0. The van der Waals surface area contributed by atoms with Crippen LogP contribution in [0, 0.1) is 5.92 Å². The predicted molar refractivity (Wildman–Crippen MR) is 35.8 cm³/mol. The maximum absolute atomic E-state index is 11.0. The Morgan fingerprint density at radius 2 is 2.60 bits per heavy atom. The third-order valence-corrected chi connectivity index (χ3v) is 1.64. The van der Waals surface area contributed by atoms with E-state index in [-0.39, 0.29) is 11.7 Å². The van der Waals surface area contributed by atoms with E-state index >= 15 is 0 Å². The topological polar surface area (TPSA) is 35.5 Å². The Kier molecular flexibility index (Phi) is 2.83. The highest BCUT2D eigenvalue weighted by molar-refractivity contribution is 5.81. The number of hydrogen-bond donors (Lipinski definition) is 0. The van der Waals surface area contributed by atoms with Gasteiger partial charge in [-0.1, -0.05) is 0 Å². The summed E-state index contributed by atoms with van der Waals surface area (Å²) in [5, 5.41) is 0. The van der Waals surface area contributed by atoms with Gasteiger partial charge in [0.2, 0.25) is 0 Å². The summed E-state index contributed by atoms with van der Waals surface area (Å²) in [6.07, 6.45) is 0.550. The fraction of sp³-hybridized carbons (Fsp3) is 0.857. The van der Waals surface area contributed by atoms with Crippen LogP contribution in [-0.4, -0.2) is 32.7 Å². The van der Waals surface area contributed by atoms with Gasteiger partial charge in [-0.15, -0.1) is 0 Å². The molecule has 0 spiro atoms. The average molecular weight is 144 g/mol. The van der Waals surface area contributed by atoms with E-state index in [1.54, 1.807) is 7.11 Å². The number of hydrogen-bond acceptors (Lipinski definition) is 3. The van der Waals surface area contributed by atoms with Crippen molar-refractivity contribution in [1.82, 2.24) is 0 Å². The molecule has 58 valence electrons. The molecule has 0 radical (unpaired) electrons. The minimum absolute atomic E-state index is 0.0150. The van der Waals surface area contributed by atoms with Crippen molar-refractivity contribution >= 4 is 5.78 Å². The van der Waals surface area contributed by atoms with Gasteiger partial charge in [-0.25, -0.2) is 0 Å². The van der Waals surface area contributed by atoms with Gasteiger partial charge in [0, 0.05) is 13.5 Å². The first-order chi connectivity index (χ1) is 4.84. The summed E-state index contributed by atoms with van der Waals surface area (Å²) in [5.41, 5.74) is 0. The summed E-state index contributed by atoms with van der Waals surface area (Å²) in [6, 6.07) is 0. The van der Waals surface area contributed by atoms with Crippen LogP contribution in [0.1, 0.15) is 6.42 Å². The molecule has 0 saturated carbocycles. The highest BCUT2D eigenvalue weighted by Crippen LogP contribution is 2.09. The lowest BCUT2D eigenvalue weighted by molar-refractivity contribution is -0.132. The van der Waals surface area contributed by atoms with E-state index in [1.165, 1.54) is 0 Å². The Bertz CT molecular complexity index is 120. The Hall–Kier alpha value is -0.410. The molecule has 0 aliphatic carbocycles. The molecule has 1 aliphatic rings. The van der Waals surface area contributed by atoms with E-state index in [4.69, 9.17) is 9.47 Å². The number of ketones is 1. The number of carbonyl (C=O) groups excluding carboxylic acids is 1. The van der Waals surface area contributed by atoms with Gasteiger partial charge in [-0.05, 0) is 0 Å². The highest BCUT2D eigenvalue weighted by Gasteiger charge is 2.21. The minimum atomic E-state index is -0.0150. The fourth-order valence-corrected chi connectivity index (χ4v) is 1.04. The largest absolute Gasteiger partial charge is 0.384 e. The van der Waals surface area contributed by atoms with Gasteiger partial charge < -0.3 is 9.47 Å². The normalized spacial score (nSPS) is 26.9. The molecule has 3 nitrogen and oxygen atoms in total. The lowest BCUT2D eigenvalue weighted by Gasteiger charge is -2.19.